The summed E-state index contributed by atoms with van der Waals surface area (Å²) in [7, 11) is 0. The minimum Gasteiger partial charge on any atom is -0.492 e. The van der Waals surface area contributed by atoms with Crippen LogP contribution in [-0.2, 0) is 16.8 Å². The summed E-state index contributed by atoms with van der Waals surface area (Å²) < 4.78 is 8.12. The van der Waals surface area contributed by atoms with Crippen LogP contribution in [0.5, 0.6) is 5.75 Å². The van der Waals surface area contributed by atoms with E-state index < -0.39 is 0 Å². The number of rotatable bonds is 7. The number of nitrogens with zero attached hydrogens (tertiary/aromatic N) is 2. The van der Waals surface area contributed by atoms with Crippen molar-refractivity contribution in [3.63, 3.8) is 0 Å². The summed E-state index contributed by atoms with van der Waals surface area (Å²) in [6.07, 6.45) is 7.94. The number of para-hydroxylation sites is 1. The standard InChI is InChI=1S/C29H33N3O2/c1-29(2,3)23-12-14-25(15-13-23)34-17-16-32-20-22(26-10-6-7-11-27(26)32)18-21(19-30)28(33)31-24-8-4-5-9-24/h6-7,10-15,18,20,24H,4-5,8-9,16-17H2,1-3H3,(H,31,33)/b21-18+. The third-order valence-corrected chi connectivity index (χ3v) is 6.50. The number of fused-ring (bicyclic) bond motifs is 1. The number of hydrogen-bond acceptors (Lipinski definition) is 3. The van der Waals surface area contributed by atoms with Gasteiger partial charge in [-0.1, -0.05) is 63.9 Å². The van der Waals surface area contributed by atoms with E-state index >= 15 is 0 Å². The van der Waals surface area contributed by atoms with E-state index in [2.05, 4.69) is 54.9 Å². The maximum Gasteiger partial charge on any atom is 0.262 e. The summed E-state index contributed by atoms with van der Waals surface area (Å²) in [5.74, 6) is 0.563. The average Bonchev–Trinajstić information content (AvgIpc) is 3.45. The second kappa shape index (κ2) is 10.2. The van der Waals surface area contributed by atoms with E-state index in [9.17, 15) is 10.1 Å². The van der Waals surface area contributed by atoms with E-state index in [1.165, 1.54) is 5.56 Å². The zero-order valence-electron chi connectivity index (χ0n) is 20.3. The third-order valence-electron chi connectivity index (χ3n) is 6.50. The summed E-state index contributed by atoms with van der Waals surface area (Å²) in [6, 6.07) is 18.6. The molecule has 176 valence electrons. The van der Waals surface area contributed by atoms with Crippen molar-refractivity contribution in [2.45, 2.75) is 64.5 Å². The molecule has 1 fully saturated rings. The molecule has 5 heteroatoms. The van der Waals surface area contributed by atoms with Gasteiger partial charge in [-0.15, -0.1) is 0 Å². The molecule has 1 N–H and O–H groups in total. The Kier molecular flexibility index (Phi) is 7.07. The first-order chi connectivity index (χ1) is 16.3. The molecule has 1 aliphatic rings. The Labute approximate surface area is 202 Å². The third kappa shape index (κ3) is 5.51. The maximum atomic E-state index is 12.7. The van der Waals surface area contributed by atoms with Crippen LogP contribution in [0.1, 0.15) is 57.6 Å². The van der Waals surface area contributed by atoms with Crippen LogP contribution in [0.25, 0.3) is 17.0 Å². The van der Waals surface area contributed by atoms with Gasteiger partial charge >= 0.3 is 0 Å². The van der Waals surface area contributed by atoms with Gasteiger partial charge in [-0.3, -0.25) is 4.79 Å². The first kappa shape index (κ1) is 23.6. The number of nitriles is 1. The SMILES string of the molecule is CC(C)(C)c1ccc(OCCn2cc(/C=C(\C#N)C(=O)NC3CCCC3)c3ccccc32)cc1. The highest BCUT2D eigenvalue weighted by atomic mass is 16.5. The Bertz CT molecular complexity index is 1220. The highest BCUT2D eigenvalue weighted by Crippen LogP contribution is 2.26. The molecular formula is C29H33N3O2. The minimum absolute atomic E-state index is 0.114. The lowest BCUT2D eigenvalue weighted by molar-refractivity contribution is -0.117. The van der Waals surface area contributed by atoms with Crippen LogP contribution < -0.4 is 10.1 Å². The van der Waals surface area contributed by atoms with Crippen molar-refractivity contribution >= 4 is 22.9 Å². The molecule has 1 aromatic heterocycles. The molecular weight excluding hydrogens is 422 g/mol. The van der Waals surface area contributed by atoms with Crippen LogP contribution in [0.2, 0.25) is 0 Å². The molecule has 1 saturated carbocycles. The molecule has 0 spiro atoms. The Morgan fingerprint density at radius 2 is 1.85 bits per heavy atom. The Morgan fingerprint density at radius 3 is 2.53 bits per heavy atom. The van der Waals surface area contributed by atoms with Gasteiger partial charge in [0, 0.05) is 28.7 Å². The van der Waals surface area contributed by atoms with Gasteiger partial charge in [0.2, 0.25) is 0 Å². The number of carbonyl (C=O) groups is 1. The van der Waals surface area contributed by atoms with Crippen LogP contribution in [0, 0.1) is 11.3 Å². The van der Waals surface area contributed by atoms with Crippen molar-refractivity contribution in [2.24, 2.45) is 0 Å². The molecule has 0 aliphatic heterocycles. The molecule has 1 amide bonds. The van der Waals surface area contributed by atoms with Gasteiger partial charge in [-0.25, -0.2) is 0 Å². The summed E-state index contributed by atoms with van der Waals surface area (Å²) >= 11 is 0. The molecule has 2 aromatic carbocycles. The fourth-order valence-electron chi connectivity index (χ4n) is 4.53. The Morgan fingerprint density at radius 1 is 1.15 bits per heavy atom. The first-order valence-electron chi connectivity index (χ1n) is 12.1. The van der Waals surface area contributed by atoms with Crippen molar-refractivity contribution in [2.75, 3.05) is 6.61 Å². The van der Waals surface area contributed by atoms with Crippen LogP contribution in [-0.4, -0.2) is 23.1 Å². The lowest BCUT2D eigenvalue weighted by Crippen LogP contribution is -2.33. The molecule has 0 atom stereocenters. The molecule has 0 radical (unpaired) electrons. The quantitative estimate of drug-likeness (QED) is 0.352. The van der Waals surface area contributed by atoms with E-state index in [1.807, 2.05) is 36.5 Å². The van der Waals surface area contributed by atoms with Crippen LogP contribution in [0.4, 0.5) is 0 Å². The average molecular weight is 456 g/mol. The molecule has 3 aromatic rings. The number of carbonyl (C=O) groups excluding carboxylic acids is 1. The monoisotopic (exact) mass is 455 g/mol. The van der Waals surface area contributed by atoms with Crippen molar-refractivity contribution in [3.8, 4) is 11.8 Å². The second-order valence-corrected chi connectivity index (χ2v) is 10.0. The molecule has 4 rings (SSSR count). The fraction of sp³-hybridized carbons (Fsp3) is 0.379. The van der Waals surface area contributed by atoms with Gasteiger partial charge in [0.05, 0.1) is 6.54 Å². The zero-order chi connectivity index (χ0) is 24.1. The lowest BCUT2D eigenvalue weighted by atomic mass is 9.87. The molecule has 1 aliphatic carbocycles. The number of nitrogens with one attached hydrogen (secondary N) is 1. The molecule has 0 saturated heterocycles. The molecule has 0 unspecified atom stereocenters. The number of amides is 1. The van der Waals surface area contributed by atoms with Crippen molar-refractivity contribution in [1.82, 2.24) is 9.88 Å². The van der Waals surface area contributed by atoms with Crippen LogP contribution in [0.15, 0.2) is 60.3 Å². The topological polar surface area (TPSA) is 67.0 Å². The summed E-state index contributed by atoms with van der Waals surface area (Å²) in [4.78, 5) is 12.7. The van der Waals surface area contributed by atoms with Gasteiger partial charge in [0.15, 0.2) is 0 Å². The normalized spacial score (nSPS) is 14.8. The molecule has 5 nitrogen and oxygen atoms in total. The van der Waals surface area contributed by atoms with E-state index in [0.29, 0.717) is 13.2 Å². The maximum absolute atomic E-state index is 12.7. The van der Waals surface area contributed by atoms with Gasteiger partial charge in [-0.05, 0) is 48.1 Å². The Hall–Kier alpha value is -3.52. The lowest BCUT2D eigenvalue weighted by Gasteiger charge is -2.19. The number of ether oxygens (including phenoxy) is 1. The molecule has 0 bridgehead atoms. The van der Waals surface area contributed by atoms with Gasteiger partial charge in [0.25, 0.3) is 5.91 Å². The predicted octanol–water partition coefficient (Wildman–Crippen LogP) is 5.98. The first-order valence-corrected chi connectivity index (χ1v) is 12.1. The molecule has 1 heterocycles. The largest absolute Gasteiger partial charge is 0.492 e. The van der Waals surface area contributed by atoms with E-state index in [4.69, 9.17) is 4.74 Å². The van der Waals surface area contributed by atoms with Gasteiger partial charge in [0.1, 0.15) is 24.0 Å². The zero-order valence-corrected chi connectivity index (χ0v) is 20.3. The molecule has 34 heavy (non-hydrogen) atoms. The van der Waals surface area contributed by atoms with Gasteiger partial charge in [-0.2, -0.15) is 5.26 Å². The summed E-state index contributed by atoms with van der Waals surface area (Å²) in [5, 5.41) is 13.7. The second-order valence-electron chi connectivity index (χ2n) is 10.0. The number of hydrogen-bond donors (Lipinski definition) is 1. The number of aromatic nitrogens is 1. The minimum atomic E-state index is -0.284. The van der Waals surface area contributed by atoms with Crippen LogP contribution >= 0.6 is 0 Å². The van der Waals surface area contributed by atoms with Crippen molar-refractivity contribution in [1.29, 1.82) is 5.26 Å². The van der Waals surface area contributed by atoms with Crippen molar-refractivity contribution < 1.29 is 9.53 Å². The van der Waals surface area contributed by atoms with Gasteiger partial charge < -0.3 is 14.6 Å². The van der Waals surface area contributed by atoms with Crippen molar-refractivity contribution in [3.05, 3.63) is 71.4 Å². The highest BCUT2D eigenvalue weighted by Gasteiger charge is 2.20. The number of benzene rings is 2. The van der Waals surface area contributed by atoms with E-state index in [-0.39, 0.29) is 22.9 Å². The summed E-state index contributed by atoms with van der Waals surface area (Å²) in [6.45, 7) is 7.77. The fourth-order valence-corrected chi connectivity index (χ4v) is 4.53. The predicted molar refractivity (Wildman–Crippen MR) is 137 cm³/mol. The van der Waals surface area contributed by atoms with E-state index in [1.54, 1.807) is 6.08 Å². The van der Waals surface area contributed by atoms with E-state index in [0.717, 1.165) is 47.9 Å². The highest BCUT2D eigenvalue weighted by molar-refractivity contribution is 6.04. The Balaban J connectivity index is 1.48. The smallest absolute Gasteiger partial charge is 0.262 e. The van der Waals surface area contributed by atoms with Crippen LogP contribution in [0.3, 0.4) is 0 Å². The summed E-state index contributed by atoms with van der Waals surface area (Å²) in [5.41, 5.74) is 3.45.